The highest BCUT2D eigenvalue weighted by Crippen LogP contribution is 2.14. The molecule has 0 heterocycles. The maximum absolute atomic E-state index is 8.78. The Labute approximate surface area is 174 Å². The van der Waals surface area contributed by atoms with Gasteiger partial charge in [-0.2, -0.15) is 5.26 Å². The normalized spacial score (nSPS) is 12.3. The molecule has 2 heteroatoms. The van der Waals surface area contributed by atoms with Gasteiger partial charge in [0.25, 0.3) is 0 Å². The molecule has 29 heavy (non-hydrogen) atoms. The molecule has 0 aromatic heterocycles. The molecule has 0 aliphatic carbocycles. The Balaban J connectivity index is 1.72. The van der Waals surface area contributed by atoms with E-state index in [0.29, 0.717) is 5.56 Å². The molecule has 0 unspecified atom stereocenters. The second-order valence-corrected chi connectivity index (χ2v) is 6.48. The fourth-order valence-electron chi connectivity index (χ4n) is 2.42. The molecular formula is C27H26N2. The van der Waals surface area contributed by atoms with Crippen LogP contribution >= 0.6 is 0 Å². The lowest BCUT2D eigenvalue weighted by atomic mass is 10.1. The van der Waals surface area contributed by atoms with Crippen molar-refractivity contribution in [2.75, 3.05) is 19.0 Å². The molecule has 0 fully saturated rings. The van der Waals surface area contributed by atoms with Gasteiger partial charge in [0.15, 0.2) is 0 Å². The molecule has 2 aromatic rings. The van der Waals surface area contributed by atoms with E-state index in [9.17, 15) is 0 Å². The molecule has 144 valence electrons. The molecule has 2 rings (SSSR count). The Morgan fingerprint density at radius 1 is 0.655 bits per heavy atom. The molecule has 0 saturated heterocycles. The summed E-state index contributed by atoms with van der Waals surface area (Å²) < 4.78 is 0. The minimum absolute atomic E-state index is 0.676. The van der Waals surface area contributed by atoms with Crippen LogP contribution in [-0.2, 0) is 0 Å². The van der Waals surface area contributed by atoms with Crippen molar-refractivity contribution in [1.82, 2.24) is 0 Å². The quantitative estimate of drug-likeness (QED) is 0.485. The molecule has 0 saturated carbocycles. The number of nitriles is 1. The van der Waals surface area contributed by atoms with Gasteiger partial charge in [-0.3, -0.25) is 0 Å². The van der Waals surface area contributed by atoms with Crippen molar-refractivity contribution in [3.63, 3.8) is 0 Å². The largest absolute Gasteiger partial charge is 0.378 e. The average molecular weight is 379 g/mol. The Kier molecular flexibility index (Phi) is 9.28. The van der Waals surface area contributed by atoms with Crippen LogP contribution in [0.5, 0.6) is 0 Å². The van der Waals surface area contributed by atoms with Crippen LogP contribution in [0.2, 0.25) is 0 Å². The van der Waals surface area contributed by atoms with E-state index < -0.39 is 0 Å². The highest BCUT2D eigenvalue weighted by atomic mass is 15.1. The summed E-state index contributed by atoms with van der Waals surface area (Å²) in [5.41, 5.74) is 4.13. The van der Waals surface area contributed by atoms with E-state index in [0.717, 1.165) is 5.56 Å². The molecule has 0 N–H and O–H groups in total. The van der Waals surface area contributed by atoms with Crippen molar-refractivity contribution in [1.29, 1.82) is 5.26 Å². The summed E-state index contributed by atoms with van der Waals surface area (Å²) in [4.78, 5) is 2.10. The van der Waals surface area contributed by atoms with Crippen LogP contribution in [0, 0.1) is 11.3 Å². The van der Waals surface area contributed by atoms with Crippen LogP contribution in [0.15, 0.2) is 109 Å². The zero-order valence-corrected chi connectivity index (χ0v) is 16.9. The standard InChI is InChI=1S/C27H26N2/c1-29(2)27-17-13-16-25(22-27)15-12-10-8-6-4-3-5-7-9-11-14-24-18-20-26(23-28)21-19-24/h3-22H,1-2H3/b5-3+,6-4+,9-7+,10-8+,14-11+,15-12+. The first kappa shape index (κ1) is 21.5. The summed E-state index contributed by atoms with van der Waals surface area (Å²) in [5, 5.41) is 8.78. The lowest BCUT2D eigenvalue weighted by Gasteiger charge is -2.12. The summed E-state index contributed by atoms with van der Waals surface area (Å²) in [7, 11) is 4.09. The van der Waals surface area contributed by atoms with E-state index in [-0.39, 0.29) is 0 Å². The van der Waals surface area contributed by atoms with Crippen molar-refractivity contribution in [2.24, 2.45) is 0 Å². The summed E-state index contributed by atoms with van der Waals surface area (Å²) in [6.45, 7) is 0. The van der Waals surface area contributed by atoms with Crippen molar-refractivity contribution in [2.45, 2.75) is 0 Å². The molecule has 0 aliphatic heterocycles. The maximum Gasteiger partial charge on any atom is 0.0991 e. The number of rotatable bonds is 8. The zero-order valence-electron chi connectivity index (χ0n) is 16.9. The first-order chi connectivity index (χ1) is 14.2. The number of hydrogen-bond donors (Lipinski definition) is 0. The predicted molar refractivity (Wildman–Crippen MR) is 127 cm³/mol. The van der Waals surface area contributed by atoms with Gasteiger partial charge in [-0.25, -0.2) is 0 Å². The number of nitrogens with zero attached hydrogens (tertiary/aromatic N) is 2. The smallest absolute Gasteiger partial charge is 0.0991 e. The molecule has 0 spiro atoms. The zero-order chi connectivity index (χ0) is 20.7. The number of anilines is 1. The van der Waals surface area contributed by atoms with Crippen LogP contribution in [0.3, 0.4) is 0 Å². The Bertz CT molecular complexity index is 976. The molecule has 0 aliphatic rings. The van der Waals surface area contributed by atoms with E-state index in [1.807, 2.05) is 105 Å². The molecule has 0 amide bonds. The topological polar surface area (TPSA) is 27.0 Å². The Morgan fingerprint density at radius 3 is 1.69 bits per heavy atom. The highest BCUT2D eigenvalue weighted by molar-refractivity contribution is 5.58. The average Bonchev–Trinajstić information content (AvgIpc) is 2.75. The number of hydrogen-bond acceptors (Lipinski definition) is 2. The molecule has 0 bridgehead atoms. The van der Waals surface area contributed by atoms with Gasteiger partial charge in [-0.15, -0.1) is 0 Å². The number of benzene rings is 2. The monoisotopic (exact) mass is 378 g/mol. The van der Waals surface area contributed by atoms with E-state index in [2.05, 4.69) is 41.3 Å². The summed E-state index contributed by atoms with van der Waals surface area (Å²) >= 11 is 0. The third-order valence-electron chi connectivity index (χ3n) is 4.00. The van der Waals surface area contributed by atoms with Gasteiger partial charge >= 0.3 is 0 Å². The van der Waals surface area contributed by atoms with E-state index in [1.165, 1.54) is 11.3 Å². The first-order valence-corrected chi connectivity index (χ1v) is 9.48. The van der Waals surface area contributed by atoms with Gasteiger partial charge < -0.3 is 4.90 Å². The van der Waals surface area contributed by atoms with Crippen molar-refractivity contribution < 1.29 is 0 Å². The fourth-order valence-corrected chi connectivity index (χ4v) is 2.42. The molecular weight excluding hydrogens is 352 g/mol. The molecule has 0 atom stereocenters. The second-order valence-electron chi connectivity index (χ2n) is 6.48. The van der Waals surface area contributed by atoms with Crippen LogP contribution in [0.25, 0.3) is 12.2 Å². The van der Waals surface area contributed by atoms with Crippen molar-refractivity contribution in [3.05, 3.63) is 126 Å². The van der Waals surface area contributed by atoms with Crippen LogP contribution in [0.4, 0.5) is 5.69 Å². The predicted octanol–water partition coefficient (Wildman–Crippen LogP) is 6.58. The SMILES string of the molecule is CN(C)c1cccc(/C=C/C=C/C=C/C=C/C=C/C=C/c2ccc(C#N)cc2)c1. The fraction of sp³-hybridized carbons (Fsp3) is 0.0741. The van der Waals surface area contributed by atoms with Gasteiger partial charge in [0.2, 0.25) is 0 Å². The van der Waals surface area contributed by atoms with Crippen molar-refractivity contribution >= 4 is 17.8 Å². The lowest BCUT2D eigenvalue weighted by Crippen LogP contribution is -2.08. The van der Waals surface area contributed by atoms with E-state index in [1.54, 1.807) is 0 Å². The maximum atomic E-state index is 8.78. The Hall–Kier alpha value is -3.83. The number of allylic oxidation sites excluding steroid dienone is 10. The summed E-state index contributed by atoms with van der Waals surface area (Å²) in [6.07, 6.45) is 24.0. The van der Waals surface area contributed by atoms with E-state index >= 15 is 0 Å². The minimum Gasteiger partial charge on any atom is -0.378 e. The minimum atomic E-state index is 0.676. The van der Waals surface area contributed by atoms with Crippen LogP contribution < -0.4 is 4.90 Å². The first-order valence-electron chi connectivity index (χ1n) is 9.48. The van der Waals surface area contributed by atoms with Crippen molar-refractivity contribution in [3.8, 4) is 6.07 Å². The van der Waals surface area contributed by atoms with E-state index in [4.69, 9.17) is 5.26 Å². The van der Waals surface area contributed by atoms with Gasteiger partial charge in [-0.05, 0) is 35.4 Å². The third kappa shape index (κ3) is 8.60. The van der Waals surface area contributed by atoms with Crippen LogP contribution in [-0.4, -0.2) is 14.1 Å². The van der Waals surface area contributed by atoms with Gasteiger partial charge in [0.05, 0.1) is 11.6 Å². The highest BCUT2D eigenvalue weighted by Gasteiger charge is 1.93. The Morgan fingerprint density at radius 2 is 1.17 bits per heavy atom. The molecule has 2 aromatic carbocycles. The summed E-state index contributed by atoms with van der Waals surface area (Å²) in [6, 6.07) is 18.0. The lowest BCUT2D eigenvalue weighted by molar-refractivity contribution is 1.13. The molecule has 0 radical (unpaired) electrons. The van der Waals surface area contributed by atoms with Gasteiger partial charge in [0, 0.05) is 19.8 Å². The summed E-state index contributed by atoms with van der Waals surface area (Å²) in [5.74, 6) is 0. The molecule has 2 nitrogen and oxygen atoms in total. The van der Waals surface area contributed by atoms with Gasteiger partial charge in [0.1, 0.15) is 0 Å². The van der Waals surface area contributed by atoms with Gasteiger partial charge in [-0.1, -0.05) is 97.2 Å². The third-order valence-corrected chi connectivity index (χ3v) is 4.00. The second kappa shape index (κ2) is 12.5. The van der Waals surface area contributed by atoms with Crippen LogP contribution in [0.1, 0.15) is 16.7 Å².